The quantitative estimate of drug-likeness (QED) is 0.167. The van der Waals surface area contributed by atoms with Gasteiger partial charge in [0.25, 0.3) is 0 Å². The Bertz CT molecular complexity index is 811. The minimum absolute atomic E-state index is 0.0381. The highest BCUT2D eigenvalue weighted by atomic mass is 32.2. The number of nitrogens with one attached hydrogen (secondary N) is 2. The number of benzene rings is 1. The molecule has 1 aromatic carbocycles. The molecule has 160 valence electrons. The highest BCUT2D eigenvalue weighted by Crippen LogP contribution is 2.52. The van der Waals surface area contributed by atoms with Crippen LogP contribution in [0, 0.1) is 23.7 Å². The maximum Gasteiger partial charge on any atom is 0.233 e. The summed E-state index contributed by atoms with van der Waals surface area (Å²) in [5, 5.41) is 7.04. The molecule has 6 nitrogen and oxygen atoms in total. The second-order valence-electron chi connectivity index (χ2n) is 8.30. The fourth-order valence-corrected chi connectivity index (χ4v) is 5.81. The van der Waals surface area contributed by atoms with Crippen molar-refractivity contribution in [3.8, 4) is 0 Å². The van der Waals surface area contributed by atoms with Crippen LogP contribution in [0.5, 0.6) is 0 Å². The van der Waals surface area contributed by atoms with E-state index in [1.54, 1.807) is 7.05 Å². The smallest absolute Gasteiger partial charge is 0.233 e. The summed E-state index contributed by atoms with van der Waals surface area (Å²) in [4.78, 5) is 32.4. The fraction of sp³-hybridized carbons (Fsp3) is 0.522. The number of nitrogens with zero attached hydrogens (tertiary/aromatic N) is 2. The van der Waals surface area contributed by atoms with Crippen molar-refractivity contribution in [3.05, 3.63) is 42.5 Å². The molecule has 2 aliphatic carbocycles. The van der Waals surface area contributed by atoms with Gasteiger partial charge in [-0.15, -0.1) is 11.8 Å². The van der Waals surface area contributed by atoms with Gasteiger partial charge in [0.15, 0.2) is 5.96 Å². The first-order valence-corrected chi connectivity index (χ1v) is 11.7. The Morgan fingerprint density at radius 1 is 1.13 bits per heavy atom. The maximum atomic E-state index is 12.7. The van der Waals surface area contributed by atoms with Crippen LogP contribution in [0.3, 0.4) is 0 Å². The molecule has 5 atom stereocenters. The summed E-state index contributed by atoms with van der Waals surface area (Å²) in [5.74, 6) is 1.18. The van der Waals surface area contributed by atoms with Crippen molar-refractivity contribution < 1.29 is 9.59 Å². The first-order valence-electron chi connectivity index (χ1n) is 10.8. The molecule has 2 bridgehead atoms. The molecule has 3 aliphatic rings. The number of imide groups is 1. The summed E-state index contributed by atoms with van der Waals surface area (Å²) in [6, 6.07) is 10.4. The van der Waals surface area contributed by atoms with Crippen LogP contribution in [0.15, 0.2) is 52.4 Å². The maximum absolute atomic E-state index is 12.7. The van der Waals surface area contributed by atoms with Crippen LogP contribution in [-0.4, -0.2) is 54.6 Å². The van der Waals surface area contributed by atoms with Gasteiger partial charge in [-0.1, -0.05) is 37.3 Å². The normalized spacial score (nSPS) is 28.2. The topological polar surface area (TPSA) is 73.8 Å². The molecule has 1 aliphatic heterocycles. The highest BCUT2D eigenvalue weighted by molar-refractivity contribution is 8.00. The number of hydrogen-bond acceptors (Lipinski definition) is 4. The molecule has 7 heteroatoms. The predicted octanol–water partition coefficient (Wildman–Crippen LogP) is 2.53. The molecule has 30 heavy (non-hydrogen) atoms. The third-order valence-corrected chi connectivity index (χ3v) is 7.39. The van der Waals surface area contributed by atoms with Crippen molar-refractivity contribution in [3.63, 3.8) is 0 Å². The summed E-state index contributed by atoms with van der Waals surface area (Å²) >= 11 is 1.82. The largest absolute Gasteiger partial charge is 0.356 e. The van der Waals surface area contributed by atoms with E-state index in [-0.39, 0.29) is 35.5 Å². The first-order chi connectivity index (χ1) is 14.6. The lowest BCUT2D eigenvalue weighted by atomic mass is 9.85. The highest BCUT2D eigenvalue weighted by Gasteiger charge is 2.58. The molecule has 5 unspecified atom stereocenters. The van der Waals surface area contributed by atoms with E-state index in [0.717, 1.165) is 18.9 Å². The Morgan fingerprint density at radius 2 is 1.80 bits per heavy atom. The zero-order valence-corrected chi connectivity index (χ0v) is 18.4. The molecule has 2 amide bonds. The van der Waals surface area contributed by atoms with E-state index in [4.69, 9.17) is 0 Å². The van der Waals surface area contributed by atoms with Crippen LogP contribution >= 0.6 is 11.8 Å². The third kappa shape index (κ3) is 4.26. The predicted molar refractivity (Wildman–Crippen MR) is 120 cm³/mol. The van der Waals surface area contributed by atoms with Gasteiger partial charge in [-0.3, -0.25) is 19.5 Å². The third-order valence-electron chi connectivity index (χ3n) is 6.27. The number of aliphatic imine (C=N–C) groups is 1. The lowest BCUT2D eigenvalue weighted by molar-refractivity contribution is -0.140. The minimum atomic E-state index is -0.0986. The molecule has 0 spiro atoms. The number of allylic oxidation sites excluding steroid dienone is 2. The number of amides is 2. The number of guanidine groups is 1. The van der Waals surface area contributed by atoms with Gasteiger partial charge in [0.05, 0.1) is 11.8 Å². The number of hydrogen-bond donors (Lipinski definition) is 2. The Labute approximate surface area is 182 Å². The second kappa shape index (κ2) is 9.25. The van der Waals surface area contributed by atoms with Crippen molar-refractivity contribution >= 4 is 29.5 Å². The molecule has 1 aromatic rings. The van der Waals surface area contributed by atoms with Gasteiger partial charge in [-0.25, -0.2) is 0 Å². The monoisotopic (exact) mass is 426 g/mol. The number of carbonyl (C=O) groups excluding carboxylic acids is 2. The lowest BCUT2D eigenvalue weighted by Gasteiger charge is -2.18. The molecule has 4 rings (SSSR count). The Balaban J connectivity index is 1.17. The van der Waals surface area contributed by atoms with Gasteiger partial charge in [-0.05, 0) is 36.8 Å². The summed E-state index contributed by atoms with van der Waals surface area (Å²) in [7, 11) is 1.75. The van der Waals surface area contributed by atoms with E-state index in [1.165, 1.54) is 9.80 Å². The summed E-state index contributed by atoms with van der Waals surface area (Å²) in [6.07, 6.45) is 5.96. The van der Waals surface area contributed by atoms with Crippen molar-refractivity contribution in [1.29, 1.82) is 0 Å². The van der Waals surface area contributed by atoms with Crippen molar-refractivity contribution in [2.45, 2.75) is 29.9 Å². The molecule has 2 N–H and O–H groups in total. The van der Waals surface area contributed by atoms with Crippen LogP contribution in [-0.2, 0) is 9.59 Å². The number of likely N-dealkylation sites (tertiary alicyclic amines) is 1. The standard InChI is InChI=1S/C23H30N4O2S/c1-15(30-18-7-4-3-5-8-18)14-26-23(24-2)25-11-6-12-27-21(28)19-16-9-10-17(13-16)20(19)22(27)29/h3-5,7-10,15-17,19-20H,6,11-14H2,1-2H3,(H2,24,25,26). The minimum Gasteiger partial charge on any atom is -0.356 e. The van der Waals surface area contributed by atoms with Gasteiger partial charge in [0.2, 0.25) is 11.8 Å². The van der Waals surface area contributed by atoms with E-state index in [9.17, 15) is 9.59 Å². The molecule has 1 saturated carbocycles. The van der Waals surface area contributed by atoms with E-state index < -0.39 is 0 Å². The number of fused-ring (bicyclic) bond motifs is 5. The zero-order valence-electron chi connectivity index (χ0n) is 17.6. The SMILES string of the molecule is CN=C(NCCCN1C(=O)C2C3C=CC(C3)C2C1=O)NCC(C)Sc1ccccc1. The molecule has 1 saturated heterocycles. The Hall–Kier alpha value is -2.28. The molecule has 0 radical (unpaired) electrons. The van der Waals surface area contributed by atoms with E-state index >= 15 is 0 Å². The molecule has 2 fully saturated rings. The van der Waals surface area contributed by atoms with Gasteiger partial charge in [-0.2, -0.15) is 0 Å². The van der Waals surface area contributed by atoms with Gasteiger partial charge >= 0.3 is 0 Å². The Morgan fingerprint density at radius 3 is 2.43 bits per heavy atom. The van der Waals surface area contributed by atoms with Crippen LogP contribution in [0.1, 0.15) is 19.8 Å². The van der Waals surface area contributed by atoms with Gasteiger partial charge < -0.3 is 10.6 Å². The fourth-order valence-electron chi connectivity index (χ4n) is 4.86. The summed E-state index contributed by atoms with van der Waals surface area (Å²) in [6.45, 7) is 4.12. The van der Waals surface area contributed by atoms with E-state index in [0.29, 0.717) is 24.8 Å². The number of thioether (sulfide) groups is 1. The van der Waals surface area contributed by atoms with Crippen LogP contribution in [0.25, 0.3) is 0 Å². The molecular weight excluding hydrogens is 396 g/mol. The lowest BCUT2D eigenvalue weighted by Crippen LogP contribution is -2.41. The Kier molecular flexibility index (Phi) is 6.46. The average molecular weight is 427 g/mol. The van der Waals surface area contributed by atoms with E-state index in [1.807, 2.05) is 30.0 Å². The van der Waals surface area contributed by atoms with Crippen molar-refractivity contribution in [1.82, 2.24) is 15.5 Å². The number of rotatable bonds is 8. The second-order valence-corrected chi connectivity index (χ2v) is 9.81. The molecular formula is C23H30N4O2S. The van der Waals surface area contributed by atoms with Crippen LogP contribution in [0.4, 0.5) is 0 Å². The molecule has 0 aromatic heterocycles. The van der Waals surface area contributed by atoms with E-state index in [2.05, 4.69) is 46.8 Å². The zero-order chi connectivity index (χ0) is 21.1. The van der Waals surface area contributed by atoms with Gasteiger partial charge in [0.1, 0.15) is 0 Å². The van der Waals surface area contributed by atoms with Gasteiger partial charge in [0, 0.05) is 36.8 Å². The average Bonchev–Trinajstić information content (AvgIpc) is 3.43. The first kappa shape index (κ1) is 21.0. The molecule has 1 heterocycles. The van der Waals surface area contributed by atoms with Crippen LogP contribution < -0.4 is 10.6 Å². The van der Waals surface area contributed by atoms with Crippen molar-refractivity contribution in [2.75, 3.05) is 26.7 Å². The van der Waals surface area contributed by atoms with Crippen molar-refractivity contribution in [2.24, 2.45) is 28.7 Å². The van der Waals surface area contributed by atoms with Crippen LogP contribution in [0.2, 0.25) is 0 Å². The number of carbonyl (C=O) groups is 2. The summed E-state index contributed by atoms with van der Waals surface area (Å²) < 4.78 is 0. The summed E-state index contributed by atoms with van der Waals surface area (Å²) in [5.41, 5.74) is 0.